The number of rotatable bonds is 4. The lowest BCUT2D eigenvalue weighted by atomic mass is 9.95. The minimum Gasteiger partial charge on any atom is -0.370 e. The maximum atomic E-state index is 11.8. The minimum absolute atomic E-state index is 0. The Balaban J connectivity index is 0.00000220. The van der Waals surface area contributed by atoms with Gasteiger partial charge in [0, 0.05) is 25.6 Å². The van der Waals surface area contributed by atoms with Gasteiger partial charge in [-0.05, 0) is 32.1 Å². The Labute approximate surface area is 145 Å². The van der Waals surface area contributed by atoms with E-state index >= 15 is 0 Å². The molecule has 1 amide bonds. The molecule has 1 saturated heterocycles. The summed E-state index contributed by atoms with van der Waals surface area (Å²) in [5.74, 6) is 0.724. The molecule has 3 N–H and O–H groups in total. The maximum Gasteiger partial charge on any atom is 0.222 e. The topological polar surface area (TPSA) is 70.7 Å². The highest BCUT2D eigenvalue weighted by Gasteiger charge is 2.15. The Morgan fingerprint density at radius 1 is 1.10 bits per heavy atom. The smallest absolute Gasteiger partial charge is 0.222 e. The largest absolute Gasteiger partial charge is 0.370 e. The van der Waals surface area contributed by atoms with Crippen LogP contribution in [0, 0.1) is 0 Å². The number of likely N-dealkylation sites (tertiary alicyclic amines) is 1. The fourth-order valence-electron chi connectivity index (χ4n) is 3.04. The van der Waals surface area contributed by atoms with Gasteiger partial charge < -0.3 is 16.0 Å². The minimum atomic E-state index is 0. The van der Waals surface area contributed by atoms with Crippen LogP contribution in [0.5, 0.6) is 0 Å². The second kappa shape index (κ2) is 10.2. The van der Waals surface area contributed by atoms with Gasteiger partial charge >= 0.3 is 0 Å². The molecule has 0 aromatic heterocycles. The zero-order valence-electron chi connectivity index (χ0n) is 12.9. The van der Waals surface area contributed by atoms with Gasteiger partial charge in [0.1, 0.15) is 0 Å². The summed E-state index contributed by atoms with van der Waals surface area (Å²) in [7, 11) is 0. The molecule has 2 rings (SSSR count). The molecule has 122 valence electrons. The average molecular weight is 408 g/mol. The van der Waals surface area contributed by atoms with Crippen molar-refractivity contribution in [3.63, 3.8) is 0 Å². The Kier molecular flexibility index (Phi) is 9.03. The summed E-state index contributed by atoms with van der Waals surface area (Å²) in [6, 6.07) is 0.389. The van der Waals surface area contributed by atoms with Crippen LogP contribution in [0.15, 0.2) is 4.99 Å². The molecule has 0 atom stereocenters. The zero-order chi connectivity index (χ0) is 14.2. The van der Waals surface area contributed by atoms with Crippen LogP contribution in [-0.4, -0.2) is 42.4 Å². The van der Waals surface area contributed by atoms with Crippen molar-refractivity contribution < 1.29 is 4.79 Å². The SMILES string of the molecule is I.NC(=NCCC(=O)NC1CCCCC1)N1CCCCC1. The van der Waals surface area contributed by atoms with Gasteiger partial charge in [-0.25, -0.2) is 0 Å². The van der Waals surface area contributed by atoms with Crippen molar-refractivity contribution in [3.05, 3.63) is 0 Å². The molecule has 2 aliphatic rings. The van der Waals surface area contributed by atoms with Crippen molar-refractivity contribution in [1.82, 2.24) is 10.2 Å². The first kappa shape index (κ1) is 18.5. The summed E-state index contributed by atoms with van der Waals surface area (Å²) in [6.45, 7) is 2.51. The van der Waals surface area contributed by atoms with E-state index in [1.165, 1.54) is 38.5 Å². The van der Waals surface area contributed by atoms with E-state index in [4.69, 9.17) is 5.73 Å². The Hall–Kier alpha value is -0.530. The molecule has 1 saturated carbocycles. The van der Waals surface area contributed by atoms with Crippen molar-refractivity contribution in [2.24, 2.45) is 10.7 Å². The van der Waals surface area contributed by atoms with Gasteiger partial charge in [0.25, 0.3) is 0 Å². The second-order valence-electron chi connectivity index (χ2n) is 5.94. The van der Waals surface area contributed by atoms with Gasteiger partial charge in [-0.15, -0.1) is 24.0 Å². The van der Waals surface area contributed by atoms with E-state index in [0.29, 0.717) is 25.0 Å². The molecule has 1 aliphatic heterocycles. The first-order chi connectivity index (χ1) is 9.75. The zero-order valence-corrected chi connectivity index (χ0v) is 15.2. The highest BCUT2D eigenvalue weighted by molar-refractivity contribution is 14.0. The molecule has 6 heteroatoms. The molecule has 5 nitrogen and oxygen atoms in total. The van der Waals surface area contributed by atoms with Gasteiger partial charge in [0.2, 0.25) is 5.91 Å². The summed E-state index contributed by atoms with van der Waals surface area (Å²) in [4.78, 5) is 18.3. The standard InChI is InChI=1S/C15H28N4O.HI/c16-15(19-11-5-2-6-12-19)17-10-9-14(20)18-13-7-3-1-4-8-13;/h13H,1-12H2,(H2,16,17)(H,18,20);1H. The lowest BCUT2D eigenvalue weighted by Gasteiger charge is -2.27. The van der Waals surface area contributed by atoms with Crippen molar-refractivity contribution in [2.45, 2.75) is 63.8 Å². The fourth-order valence-corrected chi connectivity index (χ4v) is 3.04. The normalized spacial score (nSPS) is 20.8. The van der Waals surface area contributed by atoms with Crippen LogP contribution in [0.2, 0.25) is 0 Å². The number of nitrogens with zero attached hydrogens (tertiary/aromatic N) is 2. The molecular weight excluding hydrogens is 379 g/mol. The van der Waals surface area contributed by atoms with Crippen LogP contribution in [0.3, 0.4) is 0 Å². The van der Waals surface area contributed by atoms with Crippen LogP contribution in [0.25, 0.3) is 0 Å². The number of nitrogens with two attached hydrogens (primary N) is 1. The van der Waals surface area contributed by atoms with E-state index < -0.39 is 0 Å². The number of hydrogen-bond acceptors (Lipinski definition) is 2. The van der Waals surface area contributed by atoms with E-state index in [0.717, 1.165) is 25.9 Å². The highest BCUT2D eigenvalue weighted by Crippen LogP contribution is 2.17. The Morgan fingerprint density at radius 2 is 1.71 bits per heavy atom. The third-order valence-corrected chi connectivity index (χ3v) is 4.26. The molecule has 0 unspecified atom stereocenters. The fraction of sp³-hybridized carbons (Fsp3) is 0.867. The quantitative estimate of drug-likeness (QED) is 0.426. The number of hydrogen-bond donors (Lipinski definition) is 2. The molecule has 0 radical (unpaired) electrons. The molecule has 0 aromatic carbocycles. The number of aliphatic imine (C=N–C) groups is 1. The second-order valence-corrected chi connectivity index (χ2v) is 5.94. The summed E-state index contributed by atoms with van der Waals surface area (Å²) >= 11 is 0. The average Bonchev–Trinajstić information content (AvgIpc) is 2.49. The maximum absolute atomic E-state index is 11.8. The van der Waals surface area contributed by atoms with E-state index in [1.807, 2.05) is 0 Å². The number of piperidine rings is 1. The third-order valence-electron chi connectivity index (χ3n) is 4.26. The van der Waals surface area contributed by atoms with Crippen LogP contribution in [0.4, 0.5) is 0 Å². The van der Waals surface area contributed by atoms with Crippen LogP contribution in [-0.2, 0) is 4.79 Å². The van der Waals surface area contributed by atoms with E-state index in [2.05, 4.69) is 15.2 Å². The Morgan fingerprint density at radius 3 is 2.38 bits per heavy atom. The molecule has 0 bridgehead atoms. The van der Waals surface area contributed by atoms with Gasteiger partial charge in [0.15, 0.2) is 5.96 Å². The molecule has 21 heavy (non-hydrogen) atoms. The van der Waals surface area contributed by atoms with Crippen LogP contribution < -0.4 is 11.1 Å². The van der Waals surface area contributed by atoms with Gasteiger partial charge in [-0.2, -0.15) is 0 Å². The monoisotopic (exact) mass is 408 g/mol. The van der Waals surface area contributed by atoms with Crippen molar-refractivity contribution in [1.29, 1.82) is 0 Å². The van der Waals surface area contributed by atoms with Crippen LogP contribution in [0.1, 0.15) is 57.8 Å². The summed E-state index contributed by atoms with van der Waals surface area (Å²) in [5.41, 5.74) is 5.96. The molecule has 0 aromatic rings. The number of amides is 1. The summed E-state index contributed by atoms with van der Waals surface area (Å²) < 4.78 is 0. The van der Waals surface area contributed by atoms with E-state index in [-0.39, 0.29) is 29.9 Å². The predicted molar refractivity (Wildman–Crippen MR) is 97.0 cm³/mol. The molecular formula is C15H29IN4O. The number of carbonyl (C=O) groups is 1. The number of carbonyl (C=O) groups excluding carboxylic acids is 1. The van der Waals surface area contributed by atoms with E-state index in [9.17, 15) is 4.79 Å². The number of halogens is 1. The van der Waals surface area contributed by atoms with Gasteiger partial charge in [0.05, 0.1) is 6.54 Å². The first-order valence-corrected chi connectivity index (χ1v) is 8.10. The number of guanidine groups is 1. The van der Waals surface area contributed by atoms with Crippen LogP contribution >= 0.6 is 24.0 Å². The molecule has 1 heterocycles. The predicted octanol–water partition coefficient (Wildman–Crippen LogP) is 2.24. The van der Waals surface area contributed by atoms with Gasteiger partial charge in [-0.1, -0.05) is 19.3 Å². The summed E-state index contributed by atoms with van der Waals surface area (Å²) in [6.07, 6.45) is 10.2. The molecule has 0 spiro atoms. The summed E-state index contributed by atoms with van der Waals surface area (Å²) in [5, 5.41) is 3.11. The number of nitrogens with one attached hydrogen (secondary N) is 1. The van der Waals surface area contributed by atoms with Crippen molar-refractivity contribution in [3.8, 4) is 0 Å². The molecule has 1 aliphatic carbocycles. The Bertz CT molecular complexity index is 337. The van der Waals surface area contributed by atoms with Gasteiger partial charge in [-0.3, -0.25) is 9.79 Å². The van der Waals surface area contributed by atoms with Crippen molar-refractivity contribution >= 4 is 35.8 Å². The first-order valence-electron chi connectivity index (χ1n) is 8.10. The lowest BCUT2D eigenvalue weighted by Crippen LogP contribution is -2.41. The lowest BCUT2D eigenvalue weighted by molar-refractivity contribution is -0.121. The molecule has 2 fully saturated rings. The van der Waals surface area contributed by atoms with Crippen molar-refractivity contribution in [2.75, 3.05) is 19.6 Å². The van der Waals surface area contributed by atoms with E-state index in [1.54, 1.807) is 0 Å². The third kappa shape index (κ3) is 6.84. The highest BCUT2D eigenvalue weighted by atomic mass is 127.